The van der Waals surface area contributed by atoms with E-state index in [9.17, 15) is 4.79 Å². The van der Waals surface area contributed by atoms with Crippen LogP contribution in [0.2, 0.25) is 0 Å². The van der Waals surface area contributed by atoms with Crippen LogP contribution < -0.4 is 0 Å². The standard InChI is InChI=1S/C7H14N2O/c1-7(2)5-8(3)6(10)9(7)4/h5H2,1-4H3. The maximum Gasteiger partial charge on any atom is 0.320 e. The number of hydrogen-bond acceptors (Lipinski definition) is 1. The zero-order valence-electron chi connectivity index (χ0n) is 7.01. The average Bonchev–Trinajstić information content (AvgIpc) is 1.95. The largest absolute Gasteiger partial charge is 0.325 e. The Kier molecular flexibility index (Phi) is 1.38. The first-order valence-corrected chi connectivity index (χ1v) is 3.44. The summed E-state index contributed by atoms with van der Waals surface area (Å²) in [6.07, 6.45) is 0. The molecule has 2 amide bonds. The van der Waals surface area contributed by atoms with Gasteiger partial charge in [0.2, 0.25) is 0 Å². The summed E-state index contributed by atoms with van der Waals surface area (Å²) in [6.45, 7) is 4.95. The molecule has 3 nitrogen and oxygen atoms in total. The van der Waals surface area contributed by atoms with Crippen LogP contribution in [0.5, 0.6) is 0 Å². The summed E-state index contributed by atoms with van der Waals surface area (Å²) in [5.41, 5.74) is 0.00579. The van der Waals surface area contributed by atoms with Gasteiger partial charge in [-0.1, -0.05) is 0 Å². The van der Waals surface area contributed by atoms with Gasteiger partial charge in [0.25, 0.3) is 0 Å². The topological polar surface area (TPSA) is 23.6 Å². The molecule has 0 N–H and O–H groups in total. The average molecular weight is 142 g/mol. The third-order valence-corrected chi connectivity index (χ3v) is 2.15. The smallest absolute Gasteiger partial charge is 0.320 e. The Hall–Kier alpha value is -0.730. The second kappa shape index (κ2) is 1.87. The van der Waals surface area contributed by atoms with E-state index in [1.807, 2.05) is 14.1 Å². The summed E-state index contributed by atoms with van der Waals surface area (Å²) in [7, 11) is 3.67. The Morgan fingerprint density at radius 2 is 1.90 bits per heavy atom. The highest BCUT2D eigenvalue weighted by atomic mass is 16.2. The van der Waals surface area contributed by atoms with Crippen molar-refractivity contribution in [1.82, 2.24) is 9.80 Å². The molecule has 58 valence electrons. The second-order valence-electron chi connectivity index (χ2n) is 3.51. The normalized spacial score (nSPS) is 24.2. The van der Waals surface area contributed by atoms with Crippen LogP contribution in [-0.2, 0) is 0 Å². The molecule has 1 aliphatic rings. The van der Waals surface area contributed by atoms with Crippen molar-refractivity contribution in [2.75, 3.05) is 20.6 Å². The second-order valence-corrected chi connectivity index (χ2v) is 3.51. The van der Waals surface area contributed by atoms with Crippen molar-refractivity contribution < 1.29 is 4.79 Å². The minimum absolute atomic E-state index is 0.00579. The molecule has 0 saturated carbocycles. The van der Waals surface area contributed by atoms with E-state index in [0.717, 1.165) is 6.54 Å². The molecule has 0 atom stereocenters. The monoisotopic (exact) mass is 142 g/mol. The number of likely N-dealkylation sites (N-methyl/N-ethyl adjacent to an activating group) is 2. The molecule has 0 aromatic carbocycles. The highest BCUT2D eigenvalue weighted by Crippen LogP contribution is 2.21. The van der Waals surface area contributed by atoms with Gasteiger partial charge in [0.1, 0.15) is 0 Å². The van der Waals surface area contributed by atoms with Crippen LogP contribution in [-0.4, -0.2) is 42.0 Å². The third-order valence-electron chi connectivity index (χ3n) is 2.15. The molecule has 1 aliphatic heterocycles. The first kappa shape index (κ1) is 7.38. The summed E-state index contributed by atoms with van der Waals surface area (Å²) in [4.78, 5) is 14.7. The molecule has 0 spiro atoms. The number of nitrogens with zero attached hydrogens (tertiary/aromatic N) is 2. The van der Waals surface area contributed by atoms with Gasteiger partial charge in [-0.3, -0.25) is 0 Å². The van der Waals surface area contributed by atoms with Crippen molar-refractivity contribution in [2.24, 2.45) is 0 Å². The van der Waals surface area contributed by atoms with E-state index >= 15 is 0 Å². The van der Waals surface area contributed by atoms with Crippen LogP contribution in [0.4, 0.5) is 4.79 Å². The molecule has 3 heteroatoms. The number of carbonyl (C=O) groups is 1. The van der Waals surface area contributed by atoms with E-state index < -0.39 is 0 Å². The van der Waals surface area contributed by atoms with Gasteiger partial charge >= 0.3 is 6.03 Å². The van der Waals surface area contributed by atoms with Crippen LogP contribution in [0.1, 0.15) is 13.8 Å². The van der Waals surface area contributed by atoms with Gasteiger partial charge in [0.15, 0.2) is 0 Å². The number of rotatable bonds is 0. The molecule has 0 unspecified atom stereocenters. The van der Waals surface area contributed by atoms with E-state index in [1.165, 1.54) is 0 Å². The molecule has 1 rings (SSSR count). The fourth-order valence-corrected chi connectivity index (χ4v) is 1.27. The molecule has 0 radical (unpaired) electrons. The molecule has 10 heavy (non-hydrogen) atoms. The van der Waals surface area contributed by atoms with E-state index in [4.69, 9.17) is 0 Å². The maximum absolute atomic E-state index is 11.2. The molecule has 1 heterocycles. The van der Waals surface area contributed by atoms with E-state index in [1.54, 1.807) is 9.80 Å². The fourth-order valence-electron chi connectivity index (χ4n) is 1.27. The van der Waals surface area contributed by atoms with E-state index in [2.05, 4.69) is 13.8 Å². The van der Waals surface area contributed by atoms with Gasteiger partial charge in [-0.25, -0.2) is 4.79 Å². The summed E-state index contributed by atoms with van der Waals surface area (Å²) >= 11 is 0. The summed E-state index contributed by atoms with van der Waals surface area (Å²) in [6, 6.07) is 0.116. The van der Waals surface area contributed by atoms with Crippen LogP contribution in [0.15, 0.2) is 0 Å². The van der Waals surface area contributed by atoms with Gasteiger partial charge in [-0.2, -0.15) is 0 Å². The Labute approximate surface area is 61.6 Å². The van der Waals surface area contributed by atoms with Crippen molar-refractivity contribution in [3.63, 3.8) is 0 Å². The summed E-state index contributed by atoms with van der Waals surface area (Å²) in [5.74, 6) is 0. The van der Waals surface area contributed by atoms with E-state index in [-0.39, 0.29) is 11.6 Å². The van der Waals surface area contributed by atoms with Gasteiger partial charge in [0, 0.05) is 20.6 Å². The molecule has 0 aromatic heterocycles. The molecule has 0 aromatic rings. The van der Waals surface area contributed by atoms with Crippen LogP contribution in [0, 0.1) is 0 Å². The lowest BCUT2D eigenvalue weighted by Gasteiger charge is -2.24. The van der Waals surface area contributed by atoms with Crippen LogP contribution in [0.3, 0.4) is 0 Å². The van der Waals surface area contributed by atoms with Gasteiger partial charge in [-0.15, -0.1) is 0 Å². The van der Waals surface area contributed by atoms with Crippen molar-refractivity contribution >= 4 is 6.03 Å². The Morgan fingerprint density at radius 3 is 2.00 bits per heavy atom. The minimum atomic E-state index is 0.00579. The molecule has 1 fully saturated rings. The Balaban J connectivity index is 2.81. The van der Waals surface area contributed by atoms with Gasteiger partial charge in [0.05, 0.1) is 5.54 Å². The van der Waals surface area contributed by atoms with E-state index in [0.29, 0.717) is 0 Å². The third kappa shape index (κ3) is 0.856. The van der Waals surface area contributed by atoms with Crippen molar-refractivity contribution in [3.8, 4) is 0 Å². The number of urea groups is 1. The quantitative estimate of drug-likeness (QED) is 0.490. The minimum Gasteiger partial charge on any atom is -0.325 e. The van der Waals surface area contributed by atoms with Crippen molar-refractivity contribution in [2.45, 2.75) is 19.4 Å². The first-order valence-electron chi connectivity index (χ1n) is 3.44. The lowest BCUT2D eigenvalue weighted by Crippen LogP contribution is -2.38. The van der Waals surface area contributed by atoms with Crippen LogP contribution >= 0.6 is 0 Å². The molecule has 0 aliphatic carbocycles. The van der Waals surface area contributed by atoms with Crippen molar-refractivity contribution in [1.29, 1.82) is 0 Å². The number of amides is 2. The zero-order valence-corrected chi connectivity index (χ0v) is 7.01. The maximum atomic E-state index is 11.2. The van der Waals surface area contributed by atoms with Gasteiger partial charge in [-0.05, 0) is 13.8 Å². The highest BCUT2D eigenvalue weighted by Gasteiger charge is 2.38. The number of hydrogen-bond donors (Lipinski definition) is 0. The molecule has 0 bridgehead atoms. The molecule has 1 saturated heterocycles. The predicted molar refractivity (Wildman–Crippen MR) is 39.9 cm³/mol. The zero-order chi connectivity index (χ0) is 7.94. The number of carbonyl (C=O) groups excluding carboxylic acids is 1. The first-order chi connectivity index (χ1) is 4.45. The predicted octanol–water partition coefficient (Wildman–Crippen LogP) is 0.762. The lowest BCUT2D eigenvalue weighted by molar-refractivity contribution is 0.190. The molecular weight excluding hydrogens is 128 g/mol. The lowest BCUT2D eigenvalue weighted by atomic mass is 10.1. The summed E-state index contributed by atoms with van der Waals surface area (Å²) < 4.78 is 0. The fraction of sp³-hybridized carbons (Fsp3) is 0.857. The van der Waals surface area contributed by atoms with Crippen LogP contribution in [0.25, 0.3) is 0 Å². The van der Waals surface area contributed by atoms with Gasteiger partial charge < -0.3 is 9.80 Å². The Bertz CT molecular complexity index is 165. The highest BCUT2D eigenvalue weighted by molar-refractivity contribution is 5.77. The van der Waals surface area contributed by atoms with Crippen molar-refractivity contribution in [3.05, 3.63) is 0 Å². The summed E-state index contributed by atoms with van der Waals surface area (Å²) in [5, 5.41) is 0. The SMILES string of the molecule is CN1CC(C)(C)N(C)C1=O. The molecular formula is C7H14N2O. The Morgan fingerprint density at radius 1 is 1.40 bits per heavy atom.